The molecule has 0 spiro atoms. The third-order valence-electron chi connectivity index (χ3n) is 2.05. The molecule has 0 atom stereocenters. The highest BCUT2D eigenvalue weighted by Crippen LogP contribution is 2.26. The van der Waals surface area contributed by atoms with E-state index in [-0.39, 0.29) is 5.82 Å². The van der Waals surface area contributed by atoms with Crippen LogP contribution in [0.5, 0.6) is 0 Å². The number of nitrogens with two attached hydrogens (primary N) is 1. The Bertz CT molecular complexity index is 583. The van der Waals surface area contributed by atoms with Crippen LogP contribution in [-0.2, 0) is 0 Å². The van der Waals surface area contributed by atoms with Gasteiger partial charge in [0.1, 0.15) is 10.7 Å². The number of thiazole rings is 1. The summed E-state index contributed by atoms with van der Waals surface area (Å²) in [5, 5.41) is 12.2. The standard InChI is InChI=1S/C11H8N4OS/c12-5-7-1-3-8(4-2-7)14-11-15-10(13)9(6-16)17-11/h1-4,6H,13H2,(H,14,15). The van der Waals surface area contributed by atoms with Crippen LogP contribution in [0.2, 0.25) is 0 Å². The van der Waals surface area contributed by atoms with Crippen LogP contribution in [0.1, 0.15) is 15.2 Å². The first-order valence-corrected chi connectivity index (χ1v) is 5.53. The molecule has 6 heteroatoms. The first-order valence-electron chi connectivity index (χ1n) is 4.71. The highest BCUT2D eigenvalue weighted by atomic mass is 32.1. The highest BCUT2D eigenvalue weighted by Gasteiger charge is 2.07. The normalized spacial score (nSPS) is 9.59. The van der Waals surface area contributed by atoms with Crippen molar-refractivity contribution in [3.63, 3.8) is 0 Å². The maximum atomic E-state index is 10.6. The van der Waals surface area contributed by atoms with Crippen molar-refractivity contribution in [3.05, 3.63) is 34.7 Å². The molecule has 17 heavy (non-hydrogen) atoms. The van der Waals surface area contributed by atoms with Gasteiger partial charge in [0, 0.05) is 5.69 Å². The van der Waals surface area contributed by atoms with E-state index in [1.807, 2.05) is 6.07 Å². The van der Waals surface area contributed by atoms with Crippen LogP contribution >= 0.6 is 11.3 Å². The van der Waals surface area contributed by atoms with E-state index >= 15 is 0 Å². The number of aromatic nitrogens is 1. The van der Waals surface area contributed by atoms with E-state index < -0.39 is 0 Å². The van der Waals surface area contributed by atoms with E-state index in [0.717, 1.165) is 5.69 Å². The summed E-state index contributed by atoms with van der Waals surface area (Å²) in [6, 6.07) is 8.94. The Balaban J connectivity index is 2.19. The van der Waals surface area contributed by atoms with Crippen molar-refractivity contribution in [3.8, 4) is 6.07 Å². The van der Waals surface area contributed by atoms with Crippen LogP contribution in [0.25, 0.3) is 0 Å². The number of nitriles is 1. The van der Waals surface area contributed by atoms with Crippen molar-refractivity contribution in [1.82, 2.24) is 4.98 Å². The third kappa shape index (κ3) is 2.41. The van der Waals surface area contributed by atoms with Gasteiger partial charge in [-0.05, 0) is 24.3 Å². The Hall–Kier alpha value is -2.39. The number of anilines is 3. The van der Waals surface area contributed by atoms with Crippen LogP contribution in [-0.4, -0.2) is 11.3 Å². The Morgan fingerprint density at radius 1 is 1.41 bits per heavy atom. The molecule has 0 bridgehead atoms. The first kappa shape index (κ1) is 11.1. The molecule has 0 aliphatic carbocycles. The molecule has 0 amide bonds. The number of nitrogens with zero attached hydrogens (tertiary/aromatic N) is 2. The van der Waals surface area contributed by atoms with E-state index in [1.54, 1.807) is 24.3 Å². The average molecular weight is 244 g/mol. The van der Waals surface area contributed by atoms with E-state index in [4.69, 9.17) is 11.0 Å². The molecule has 1 aromatic carbocycles. The molecule has 2 rings (SSSR count). The van der Waals surface area contributed by atoms with Gasteiger partial charge >= 0.3 is 0 Å². The molecule has 0 saturated heterocycles. The fraction of sp³-hybridized carbons (Fsp3) is 0. The predicted octanol–water partition coefficient (Wildman–Crippen LogP) is 2.15. The van der Waals surface area contributed by atoms with Crippen molar-refractivity contribution >= 4 is 34.3 Å². The molecule has 2 aromatic rings. The number of carbonyl (C=O) groups is 1. The molecule has 5 nitrogen and oxygen atoms in total. The quantitative estimate of drug-likeness (QED) is 0.807. The number of benzene rings is 1. The van der Waals surface area contributed by atoms with Crippen LogP contribution < -0.4 is 11.1 Å². The largest absolute Gasteiger partial charge is 0.382 e. The van der Waals surface area contributed by atoms with Gasteiger partial charge in [0.05, 0.1) is 11.6 Å². The Morgan fingerprint density at radius 2 is 2.12 bits per heavy atom. The fourth-order valence-corrected chi connectivity index (χ4v) is 1.95. The summed E-state index contributed by atoms with van der Waals surface area (Å²) in [6.45, 7) is 0. The van der Waals surface area contributed by atoms with E-state index in [1.165, 1.54) is 11.3 Å². The van der Waals surface area contributed by atoms with E-state index in [0.29, 0.717) is 21.9 Å². The smallest absolute Gasteiger partial charge is 0.189 e. The second kappa shape index (κ2) is 4.63. The molecule has 0 saturated carbocycles. The van der Waals surface area contributed by atoms with E-state index in [9.17, 15) is 4.79 Å². The van der Waals surface area contributed by atoms with Crippen molar-refractivity contribution in [1.29, 1.82) is 5.26 Å². The summed E-state index contributed by atoms with van der Waals surface area (Å²) in [5.74, 6) is 0.223. The summed E-state index contributed by atoms with van der Waals surface area (Å²) in [7, 11) is 0. The number of rotatable bonds is 3. The summed E-state index contributed by atoms with van der Waals surface area (Å²) in [5.41, 5.74) is 6.91. The Labute approximate surface area is 102 Å². The molecule has 0 unspecified atom stereocenters. The SMILES string of the molecule is N#Cc1ccc(Nc2nc(N)c(C=O)s2)cc1. The van der Waals surface area contributed by atoms with Gasteiger partial charge in [-0.15, -0.1) is 0 Å². The van der Waals surface area contributed by atoms with Gasteiger partial charge in [-0.1, -0.05) is 11.3 Å². The molecule has 1 heterocycles. The maximum Gasteiger partial charge on any atom is 0.189 e. The summed E-state index contributed by atoms with van der Waals surface area (Å²) >= 11 is 1.18. The van der Waals surface area contributed by atoms with Crippen LogP contribution in [0, 0.1) is 11.3 Å². The topological polar surface area (TPSA) is 91.8 Å². The average Bonchev–Trinajstić information content (AvgIpc) is 2.70. The number of hydrogen-bond acceptors (Lipinski definition) is 6. The lowest BCUT2D eigenvalue weighted by atomic mass is 10.2. The predicted molar refractivity (Wildman–Crippen MR) is 66.4 cm³/mol. The van der Waals surface area contributed by atoms with Crippen molar-refractivity contribution < 1.29 is 4.79 Å². The van der Waals surface area contributed by atoms with Crippen molar-refractivity contribution in [2.24, 2.45) is 0 Å². The minimum Gasteiger partial charge on any atom is -0.382 e. The maximum absolute atomic E-state index is 10.6. The molecule has 1 aromatic heterocycles. The number of hydrogen-bond donors (Lipinski definition) is 2. The molecule has 0 radical (unpaired) electrons. The van der Waals surface area contributed by atoms with Crippen LogP contribution in [0.4, 0.5) is 16.6 Å². The molecular weight excluding hydrogens is 236 g/mol. The van der Waals surface area contributed by atoms with Gasteiger partial charge in [0.2, 0.25) is 0 Å². The van der Waals surface area contributed by atoms with Gasteiger partial charge in [-0.25, -0.2) is 4.98 Å². The number of nitrogens with one attached hydrogen (secondary N) is 1. The molecule has 0 aliphatic rings. The van der Waals surface area contributed by atoms with Gasteiger partial charge in [0.25, 0.3) is 0 Å². The minimum atomic E-state index is 0.223. The van der Waals surface area contributed by atoms with E-state index in [2.05, 4.69) is 10.3 Å². The number of nitrogen functional groups attached to an aromatic ring is 1. The van der Waals surface area contributed by atoms with Crippen molar-refractivity contribution in [2.45, 2.75) is 0 Å². The lowest BCUT2D eigenvalue weighted by Gasteiger charge is -2.01. The van der Waals surface area contributed by atoms with Gasteiger partial charge < -0.3 is 11.1 Å². The molecule has 0 aliphatic heterocycles. The lowest BCUT2D eigenvalue weighted by Crippen LogP contribution is -1.91. The van der Waals surface area contributed by atoms with Crippen LogP contribution in [0.3, 0.4) is 0 Å². The summed E-state index contributed by atoms with van der Waals surface area (Å²) in [4.78, 5) is 15.0. The lowest BCUT2D eigenvalue weighted by molar-refractivity contribution is 0.112. The number of carbonyl (C=O) groups excluding carboxylic acids is 1. The number of aldehydes is 1. The van der Waals surface area contributed by atoms with Gasteiger partial charge in [0.15, 0.2) is 11.4 Å². The zero-order valence-corrected chi connectivity index (χ0v) is 9.49. The molecule has 3 N–H and O–H groups in total. The van der Waals surface area contributed by atoms with Crippen molar-refractivity contribution in [2.75, 3.05) is 11.1 Å². The molecule has 84 valence electrons. The monoisotopic (exact) mass is 244 g/mol. The zero-order chi connectivity index (χ0) is 12.3. The molecule has 0 fully saturated rings. The fourth-order valence-electron chi connectivity index (χ4n) is 1.23. The third-order valence-corrected chi connectivity index (χ3v) is 2.97. The Morgan fingerprint density at radius 3 is 2.65 bits per heavy atom. The zero-order valence-electron chi connectivity index (χ0n) is 8.68. The van der Waals surface area contributed by atoms with Gasteiger partial charge in [-0.2, -0.15) is 5.26 Å². The summed E-state index contributed by atoms with van der Waals surface area (Å²) in [6.07, 6.45) is 0.678. The highest BCUT2D eigenvalue weighted by molar-refractivity contribution is 7.17. The second-order valence-electron chi connectivity index (χ2n) is 3.20. The van der Waals surface area contributed by atoms with Crippen LogP contribution in [0.15, 0.2) is 24.3 Å². The first-order chi connectivity index (χ1) is 8.22. The second-order valence-corrected chi connectivity index (χ2v) is 4.23. The summed E-state index contributed by atoms with van der Waals surface area (Å²) < 4.78 is 0. The molecular formula is C11H8N4OS. The Kier molecular flexibility index (Phi) is 3.03. The minimum absolute atomic E-state index is 0.223. The van der Waals surface area contributed by atoms with Gasteiger partial charge in [-0.3, -0.25) is 4.79 Å².